The number of urea groups is 1. The summed E-state index contributed by atoms with van der Waals surface area (Å²) in [6, 6.07) is 6.80. The van der Waals surface area contributed by atoms with Gasteiger partial charge in [-0.2, -0.15) is 0 Å². The Morgan fingerprint density at radius 3 is 2.86 bits per heavy atom. The number of nitrogens with one attached hydrogen (secondary N) is 1. The lowest BCUT2D eigenvalue weighted by molar-refractivity contribution is 0.0695. The standard InChI is InChI=1S/C15H20N2O4/c1-17(12-7-9-21-10-12)15(20)16-8-6-11-4-2-3-5-13(11)14(18)19/h2-5,12H,6-10H2,1H3,(H,16,20)(H,18,19). The molecule has 0 bridgehead atoms. The lowest BCUT2D eigenvalue weighted by Gasteiger charge is -2.23. The summed E-state index contributed by atoms with van der Waals surface area (Å²) in [6.07, 6.45) is 1.34. The van der Waals surface area contributed by atoms with E-state index < -0.39 is 5.97 Å². The highest BCUT2D eigenvalue weighted by molar-refractivity contribution is 5.89. The Labute approximate surface area is 123 Å². The SMILES string of the molecule is CN(C(=O)NCCc1ccccc1C(=O)O)C1CCOC1. The topological polar surface area (TPSA) is 78.9 Å². The van der Waals surface area contributed by atoms with Gasteiger partial charge in [-0.25, -0.2) is 9.59 Å². The summed E-state index contributed by atoms with van der Waals surface area (Å²) in [5.74, 6) is -0.947. The van der Waals surface area contributed by atoms with Gasteiger partial charge >= 0.3 is 12.0 Å². The molecule has 6 nitrogen and oxygen atoms in total. The van der Waals surface area contributed by atoms with Crippen LogP contribution in [0.25, 0.3) is 0 Å². The summed E-state index contributed by atoms with van der Waals surface area (Å²) in [6.45, 7) is 1.67. The first-order valence-electron chi connectivity index (χ1n) is 6.99. The maximum Gasteiger partial charge on any atom is 0.335 e. The van der Waals surface area contributed by atoms with E-state index in [0.717, 1.165) is 12.0 Å². The number of carbonyl (C=O) groups excluding carboxylic acids is 1. The van der Waals surface area contributed by atoms with Crippen molar-refractivity contribution in [3.63, 3.8) is 0 Å². The molecule has 2 N–H and O–H groups in total. The van der Waals surface area contributed by atoms with Crippen molar-refractivity contribution >= 4 is 12.0 Å². The number of carboxylic acids is 1. The minimum absolute atomic E-state index is 0.122. The zero-order valence-corrected chi connectivity index (χ0v) is 12.0. The van der Waals surface area contributed by atoms with Gasteiger partial charge < -0.3 is 20.1 Å². The first kappa shape index (κ1) is 15.3. The largest absolute Gasteiger partial charge is 0.478 e. The zero-order valence-electron chi connectivity index (χ0n) is 12.0. The maximum absolute atomic E-state index is 12.0. The van der Waals surface area contributed by atoms with Gasteiger partial charge in [0.1, 0.15) is 0 Å². The van der Waals surface area contributed by atoms with Crippen molar-refractivity contribution in [2.45, 2.75) is 18.9 Å². The molecular formula is C15H20N2O4. The van der Waals surface area contributed by atoms with E-state index >= 15 is 0 Å². The monoisotopic (exact) mass is 292 g/mol. The highest BCUT2D eigenvalue weighted by Gasteiger charge is 2.23. The predicted molar refractivity (Wildman–Crippen MR) is 77.5 cm³/mol. The van der Waals surface area contributed by atoms with Gasteiger partial charge in [0.2, 0.25) is 0 Å². The van der Waals surface area contributed by atoms with Crippen LogP contribution < -0.4 is 5.32 Å². The summed E-state index contributed by atoms with van der Waals surface area (Å²) in [5.41, 5.74) is 1.00. The molecule has 0 radical (unpaired) electrons. The van der Waals surface area contributed by atoms with E-state index in [1.165, 1.54) is 0 Å². The Morgan fingerprint density at radius 1 is 1.43 bits per heavy atom. The molecule has 1 aromatic carbocycles. The Hall–Kier alpha value is -2.08. The molecule has 1 unspecified atom stereocenters. The van der Waals surface area contributed by atoms with Crippen LogP contribution in [-0.2, 0) is 11.2 Å². The number of aromatic carboxylic acids is 1. The van der Waals surface area contributed by atoms with Gasteiger partial charge in [-0.05, 0) is 24.5 Å². The van der Waals surface area contributed by atoms with Crippen LogP contribution in [0, 0.1) is 0 Å². The molecule has 1 aromatic rings. The molecule has 21 heavy (non-hydrogen) atoms. The molecule has 0 spiro atoms. The fourth-order valence-electron chi connectivity index (χ4n) is 2.37. The zero-order chi connectivity index (χ0) is 15.2. The molecule has 1 fully saturated rings. The first-order chi connectivity index (χ1) is 10.1. The summed E-state index contributed by atoms with van der Waals surface area (Å²) in [7, 11) is 1.75. The number of hydrogen-bond acceptors (Lipinski definition) is 3. The van der Waals surface area contributed by atoms with Gasteiger partial charge in [-0.1, -0.05) is 18.2 Å². The van der Waals surface area contributed by atoms with Crippen molar-refractivity contribution in [1.29, 1.82) is 0 Å². The minimum Gasteiger partial charge on any atom is -0.478 e. The van der Waals surface area contributed by atoms with E-state index in [1.54, 1.807) is 36.2 Å². The highest BCUT2D eigenvalue weighted by atomic mass is 16.5. The van der Waals surface area contributed by atoms with E-state index in [2.05, 4.69) is 5.32 Å². The second-order valence-electron chi connectivity index (χ2n) is 5.07. The third-order valence-corrected chi connectivity index (χ3v) is 3.69. The molecule has 1 atom stereocenters. The van der Waals surface area contributed by atoms with Crippen LogP contribution in [0.5, 0.6) is 0 Å². The Balaban J connectivity index is 1.84. The van der Waals surface area contributed by atoms with Crippen LogP contribution >= 0.6 is 0 Å². The smallest absolute Gasteiger partial charge is 0.335 e. The number of rotatable bonds is 5. The number of carboxylic acid groups (broad SMARTS) is 1. The molecule has 1 heterocycles. The van der Waals surface area contributed by atoms with E-state index in [-0.39, 0.29) is 17.6 Å². The van der Waals surface area contributed by atoms with Gasteiger partial charge in [0.25, 0.3) is 0 Å². The third kappa shape index (κ3) is 3.95. The summed E-state index contributed by atoms with van der Waals surface area (Å²) >= 11 is 0. The van der Waals surface area contributed by atoms with Crippen molar-refractivity contribution in [2.24, 2.45) is 0 Å². The lowest BCUT2D eigenvalue weighted by atomic mass is 10.0. The van der Waals surface area contributed by atoms with Gasteiger partial charge in [0, 0.05) is 20.2 Å². The molecule has 1 saturated heterocycles. The molecule has 114 valence electrons. The van der Waals surface area contributed by atoms with Crippen LogP contribution in [0.15, 0.2) is 24.3 Å². The van der Waals surface area contributed by atoms with Gasteiger partial charge in [0.05, 0.1) is 18.2 Å². The van der Waals surface area contributed by atoms with Gasteiger partial charge in [0.15, 0.2) is 0 Å². The normalized spacial score (nSPS) is 17.5. The second kappa shape index (κ2) is 7.08. The summed E-state index contributed by atoms with van der Waals surface area (Å²) in [5, 5.41) is 11.9. The van der Waals surface area contributed by atoms with Crippen molar-refractivity contribution in [1.82, 2.24) is 10.2 Å². The van der Waals surface area contributed by atoms with E-state index in [0.29, 0.717) is 26.2 Å². The fourth-order valence-corrected chi connectivity index (χ4v) is 2.37. The average molecular weight is 292 g/mol. The average Bonchev–Trinajstić information content (AvgIpc) is 3.00. The van der Waals surface area contributed by atoms with Gasteiger partial charge in [-0.3, -0.25) is 0 Å². The Morgan fingerprint density at radius 2 is 2.19 bits per heavy atom. The van der Waals surface area contributed by atoms with Crippen LogP contribution in [-0.4, -0.2) is 54.9 Å². The number of ether oxygens (including phenoxy) is 1. The van der Waals surface area contributed by atoms with Crippen molar-refractivity contribution in [3.05, 3.63) is 35.4 Å². The number of benzene rings is 1. The first-order valence-corrected chi connectivity index (χ1v) is 6.99. The van der Waals surface area contributed by atoms with Crippen molar-refractivity contribution in [2.75, 3.05) is 26.8 Å². The van der Waals surface area contributed by atoms with Gasteiger partial charge in [-0.15, -0.1) is 0 Å². The molecule has 1 aliphatic heterocycles. The maximum atomic E-state index is 12.0. The van der Waals surface area contributed by atoms with Crippen LogP contribution in [0.2, 0.25) is 0 Å². The van der Waals surface area contributed by atoms with E-state index in [4.69, 9.17) is 9.84 Å². The molecule has 0 aliphatic carbocycles. The number of hydrogen-bond donors (Lipinski definition) is 2. The van der Waals surface area contributed by atoms with Crippen LogP contribution in [0.4, 0.5) is 4.79 Å². The fraction of sp³-hybridized carbons (Fsp3) is 0.467. The second-order valence-corrected chi connectivity index (χ2v) is 5.07. The van der Waals surface area contributed by atoms with Crippen LogP contribution in [0.3, 0.4) is 0 Å². The number of carbonyl (C=O) groups is 2. The number of likely N-dealkylation sites (N-methyl/N-ethyl adjacent to an activating group) is 1. The molecular weight excluding hydrogens is 272 g/mol. The van der Waals surface area contributed by atoms with E-state index in [1.807, 2.05) is 0 Å². The predicted octanol–water partition coefficient (Wildman–Crippen LogP) is 1.36. The molecule has 6 heteroatoms. The van der Waals surface area contributed by atoms with Crippen molar-refractivity contribution < 1.29 is 19.4 Å². The summed E-state index contributed by atoms with van der Waals surface area (Å²) in [4.78, 5) is 24.7. The van der Waals surface area contributed by atoms with Crippen LogP contribution in [0.1, 0.15) is 22.3 Å². The lowest BCUT2D eigenvalue weighted by Crippen LogP contribution is -2.44. The molecule has 2 rings (SSSR count). The number of nitrogens with zero attached hydrogens (tertiary/aromatic N) is 1. The minimum atomic E-state index is -0.947. The quantitative estimate of drug-likeness (QED) is 0.859. The Bertz CT molecular complexity index is 512. The molecule has 0 saturated carbocycles. The highest BCUT2D eigenvalue weighted by Crippen LogP contribution is 2.11. The Kier molecular flexibility index (Phi) is 5.16. The molecule has 2 amide bonds. The third-order valence-electron chi connectivity index (χ3n) is 3.69. The summed E-state index contributed by atoms with van der Waals surface area (Å²) < 4.78 is 5.26. The van der Waals surface area contributed by atoms with Crippen molar-refractivity contribution in [3.8, 4) is 0 Å². The van der Waals surface area contributed by atoms with E-state index in [9.17, 15) is 9.59 Å². The number of amides is 2. The molecule has 0 aromatic heterocycles. The molecule has 1 aliphatic rings.